The normalized spacial score (nSPS) is 10.9. The predicted molar refractivity (Wildman–Crippen MR) is 83.8 cm³/mol. The summed E-state index contributed by atoms with van der Waals surface area (Å²) in [5.74, 6) is -0.851. The van der Waals surface area contributed by atoms with E-state index in [1.165, 1.54) is 24.4 Å². The van der Waals surface area contributed by atoms with Crippen molar-refractivity contribution in [2.75, 3.05) is 0 Å². The second-order valence-electron chi connectivity index (χ2n) is 5.34. The van der Waals surface area contributed by atoms with Gasteiger partial charge in [-0.05, 0) is 25.1 Å². The Balaban J connectivity index is 2.23. The van der Waals surface area contributed by atoms with Crippen LogP contribution in [0.3, 0.4) is 0 Å². The van der Waals surface area contributed by atoms with Gasteiger partial charge in [-0.25, -0.2) is 4.39 Å². The quantitative estimate of drug-likeness (QED) is 0.681. The minimum absolute atomic E-state index is 0.0458. The first-order valence-corrected chi connectivity index (χ1v) is 6.87. The van der Waals surface area contributed by atoms with E-state index >= 15 is 0 Å². The fourth-order valence-corrected chi connectivity index (χ4v) is 2.49. The van der Waals surface area contributed by atoms with Crippen LogP contribution in [0.2, 0.25) is 0 Å². The molecule has 0 saturated heterocycles. The van der Waals surface area contributed by atoms with Crippen molar-refractivity contribution in [2.45, 2.75) is 6.92 Å². The molecule has 1 aromatic heterocycles. The highest BCUT2D eigenvalue weighted by Gasteiger charge is 2.16. The highest BCUT2D eigenvalue weighted by atomic mass is 19.1. The lowest BCUT2D eigenvalue weighted by molar-refractivity contribution is 0.103. The van der Waals surface area contributed by atoms with Crippen LogP contribution < -0.4 is 5.43 Å². The summed E-state index contributed by atoms with van der Waals surface area (Å²) in [5.41, 5.74) is 1.66. The standard InChI is InChI=1S/C18H14FNO2/c1-11-3-5-12(6-4-11)17(21)15-10-20(2)16-8-7-13(19)9-14(16)18(15)22/h3-10H,1-2H3. The van der Waals surface area contributed by atoms with Crippen LogP contribution in [0.1, 0.15) is 21.5 Å². The van der Waals surface area contributed by atoms with Crippen molar-refractivity contribution < 1.29 is 9.18 Å². The molecule has 0 amide bonds. The summed E-state index contributed by atoms with van der Waals surface area (Å²) in [6, 6.07) is 11.0. The van der Waals surface area contributed by atoms with Crippen molar-refractivity contribution in [3.63, 3.8) is 0 Å². The molecule has 0 aliphatic carbocycles. The number of rotatable bonds is 2. The topological polar surface area (TPSA) is 39.1 Å². The summed E-state index contributed by atoms with van der Waals surface area (Å²) >= 11 is 0. The molecular formula is C18H14FNO2. The molecule has 0 radical (unpaired) electrons. The lowest BCUT2D eigenvalue weighted by Crippen LogP contribution is -2.19. The smallest absolute Gasteiger partial charge is 0.200 e. The van der Waals surface area contributed by atoms with E-state index in [0.717, 1.165) is 5.56 Å². The van der Waals surface area contributed by atoms with Gasteiger partial charge in [0.15, 0.2) is 5.78 Å². The van der Waals surface area contributed by atoms with Crippen LogP contribution in [0.15, 0.2) is 53.5 Å². The molecule has 22 heavy (non-hydrogen) atoms. The first-order valence-electron chi connectivity index (χ1n) is 6.87. The van der Waals surface area contributed by atoms with E-state index in [1.807, 2.05) is 19.1 Å². The predicted octanol–water partition coefficient (Wildman–Crippen LogP) is 3.22. The number of hydrogen-bond donors (Lipinski definition) is 0. The molecule has 0 aliphatic rings. The third-order valence-electron chi connectivity index (χ3n) is 3.71. The Kier molecular flexibility index (Phi) is 3.37. The van der Waals surface area contributed by atoms with E-state index in [-0.39, 0.29) is 16.7 Å². The Bertz CT molecular complexity index is 940. The SMILES string of the molecule is Cc1ccc(C(=O)c2cn(C)c3ccc(F)cc3c2=O)cc1. The minimum Gasteiger partial charge on any atom is -0.350 e. The van der Waals surface area contributed by atoms with E-state index in [9.17, 15) is 14.0 Å². The number of pyridine rings is 1. The minimum atomic E-state index is -0.496. The second kappa shape index (κ2) is 5.22. The molecule has 1 heterocycles. The van der Waals surface area contributed by atoms with Crippen molar-refractivity contribution in [3.05, 3.63) is 81.4 Å². The molecule has 3 nitrogen and oxygen atoms in total. The summed E-state index contributed by atoms with van der Waals surface area (Å²) in [5, 5.41) is 0.209. The van der Waals surface area contributed by atoms with Gasteiger partial charge >= 0.3 is 0 Å². The third kappa shape index (κ3) is 2.33. The van der Waals surface area contributed by atoms with Gasteiger partial charge in [0.05, 0.1) is 11.1 Å². The molecule has 0 spiro atoms. The van der Waals surface area contributed by atoms with Gasteiger partial charge in [0, 0.05) is 24.2 Å². The zero-order valence-corrected chi connectivity index (χ0v) is 12.3. The Labute approximate surface area is 126 Å². The zero-order chi connectivity index (χ0) is 15.9. The molecule has 0 bridgehead atoms. The molecule has 110 valence electrons. The largest absolute Gasteiger partial charge is 0.350 e. The van der Waals surface area contributed by atoms with Crippen molar-refractivity contribution in [1.82, 2.24) is 4.57 Å². The van der Waals surface area contributed by atoms with Crippen LogP contribution in [-0.4, -0.2) is 10.4 Å². The van der Waals surface area contributed by atoms with Crippen LogP contribution in [0.25, 0.3) is 10.9 Å². The fourth-order valence-electron chi connectivity index (χ4n) is 2.49. The molecular weight excluding hydrogens is 281 g/mol. The Hall–Kier alpha value is -2.75. The van der Waals surface area contributed by atoms with E-state index in [2.05, 4.69) is 0 Å². The number of ketones is 1. The lowest BCUT2D eigenvalue weighted by atomic mass is 10.0. The van der Waals surface area contributed by atoms with Crippen LogP contribution >= 0.6 is 0 Å². The average Bonchev–Trinajstić information content (AvgIpc) is 2.51. The molecule has 0 atom stereocenters. The highest BCUT2D eigenvalue weighted by Crippen LogP contribution is 2.15. The van der Waals surface area contributed by atoms with Crippen molar-refractivity contribution in [3.8, 4) is 0 Å². The Morgan fingerprint density at radius 3 is 2.45 bits per heavy atom. The maximum Gasteiger partial charge on any atom is 0.200 e. The highest BCUT2D eigenvalue weighted by molar-refractivity contribution is 6.10. The van der Waals surface area contributed by atoms with Gasteiger partial charge in [-0.1, -0.05) is 29.8 Å². The summed E-state index contributed by atoms with van der Waals surface area (Å²) in [6.45, 7) is 1.92. The van der Waals surface area contributed by atoms with E-state index in [1.54, 1.807) is 23.7 Å². The van der Waals surface area contributed by atoms with Crippen LogP contribution in [-0.2, 0) is 7.05 Å². The van der Waals surface area contributed by atoms with Crippen LogP contribution in [0.4, 0.5) is 4.39 Å². The second-order valence-corrected chi connectivity index (χ2v) is 5.34. The van der Waals surface area contributed by atoms with Gasteiger partial charge in [-0.15, -0.1) is 0 Å². The van der Waals surface area contributed by atoms with Crippen LogP contribution in [0, 0.1) is 12.7 Å². The first-order chi connectivity index (χ1) is 10.5. The molecule has 0 unspecified atom stereocenters. The molecule has 0 saturated carbocycles. The summed E-state index contributed by atoms with van der Waals surface area (Å²) < 4.78 is 15.1. The maximum atomic E-state index is 13.4. The molecule has 0 N–H and O–H groups in total. The summed E-state index contributed by atoms with van der Waals surface area (Å²) in [6.07, 6.45) is 1.50. The van der Waals surface area contributed by atoms with Gasteiger partial charge in [0.2, 0.25) is 5.43 Å². The average molecular weight is 295 g/mol. The number of aryl methyl sites for hydroxylation is 2. The number of aromatic nitrogens is 1. The number of nitrogens with zero attached hydrogens (tertiary/aromatic N) is 1. The van der Waals surface area contributed by atoms with Gasteiger partial charge in [-0.3, -0.25) is 9.59 Å². The monoisotopic (exact) mass is 295 g/mol. The zero-order valence-electron chi connectivity index (χ0n) is 12.3. The van der Waals surface area contributed by atoms with E-state index < -0.39 is 11.2 Å². The van der Waals surface area contributed by atoms with Crippen molar-refractivity contribution in [1.29, 1.82) is 0 Å². The number of carbonyl (C=O) groups excluding carboxylic acids is 1. The molecule has 2 aromatic carbocycles. The number of halogens is 1. The van der Waals surface area contributed by atoms with Crippen molar-refractivity contribution in [2.24, 2.45) is 7.05 Å². The fraction of sp³-hybridized carbons (Fsp3) is 0.111. The van der Waals surface area contributed by atoms with Gasteiger partial charge < -0.3 is 4.57 Å². The number of carbonyl (C=O) groups is 1. The molecule has 3 aromatic rings. The lowest BCUT2D eigenvalue weighted by Gasteiger charge is -2.09. The summed E-state index contributed by atoms with van der Waals surface area (Å²) in [7, 11) is 1.73. The molecule has 0 fully saturated rings. The third-order valence-corrected chi connectivity index (χ3v) is 3.71. The van der Waals surface area contributed by atoms with Gasteiger partial charge in [-0.2, -0.15) is 0 Å². The molecule has 3 rings (SSSR count). The maximum absolute atomic E-state index is 13.4. The Morgan fingerprint density at radius 2 is 1.77 bits per heavy atom. The first kappa shape index (κ1) is 14.2. The number of hydrogen-bond acceptors (Lipinski definition) is 2. The van der Waals surface area contributed by atoms with Gasteiger partial charge in [0.25, 0.3) is 0 Å². The molecule has 0 aliphatic heterocycles. The van der Waals surface area contributed by atoms with Crippen molar-refractivity contribution >= 4 is 16.7 Å². The number of fused-ring (bicyclic) bond motifs is 1. The number of benzene rings is 2. The van der Waals surface area contributed by atoms with E-state index in [4.69, 9.17) is 0 Å². The Morgan fingerprint density at radius 1 is 1.09 bits per heavy atom. The molecule has 4 heteroatoms. The van der Waals surface area contributed by atoms with Crippen LogP contribution in [0.5, 0.6) is 0 Å². The van der Waals surface area contributed by atoms with E-state index in [0.29, 0.717) is 11.1 Å². The summed E-state index contributed by atoms with van der Waals surface area (Å²) in [4.78, 5) is 25.1. The van der Waals surface area contributed by atoms with Gasteiger partial charge in [0.1, 0.15) is 5.82 Å².